The van der Waals surface area contributed by atoms with E-state index < -0.39 is 22.8 Å². The van der Waals surface area contributed by atoms with Crippen LogP contribution in [0.4, 0.5) is 11.4 Å². The van der Waals surface area contributed by atoms with Crippen molar-refractivity contribution in [3.05, 3.63) is 43.2 Å². The van der Waals surface area contributed by atoms with Gasteiger partial charge in [-0.2, -0.15) is 0 Å². The molecule has 25 heavy (non-hydrogen) atoms. The van der Waals surface area contributed by atoms with Gasteiger partial charge in [0.1, 0.15) is 5.70 Å². The van der Waals surface area contributed by atoms with Gasteiger partial charge in [0.15, 0.2) is 0 Å². The number of nitrogens with one attached hydrogen (secondary N) is 1. The molecule has 10 nitrogen and oxygen atoms in total. The zero-order valence-corrected chi connectivity index (χ0v) is 15.5. The van der Waals surface area contributed by atoms with Gasteiger partial charge < -0.3 is 19.5 Å². The summed E-state index contributed by atoms with van der Waals surface area (Å²) in [7, 11) is 3.31. The molecule has 0 unspecified atom stereocenters. The van der Waals surface area contributed by atoms with Crippen LogP contribution in [0.5, 0.6) is 0 Å². The molecule has 1 N–H and O–H groups in total. The van der Waals surface area contributed by atoms with Gasteiger partial charge in [-0.25, -0.2) is 14.4 Å². The number of nitro benzene ring substituents is 1. The lowest BCUT2D eigenvalue weighted by molar-refractivity contribution is -0.385. The van der Waals surface area contributed by atoms with Crippen LogP contribution in [0.25, 0.3) is 0 Å². The van der Waals surface area contributed by atoms with E-state index in [0.29, 0.717) is 0 Å². The largest absolute Gasteiger partial charge is 0.466 e. The van der Waals surface area contributed by atoms with Crippen molar-refractivity contribution in [2.45, 2.75) is 0 Å². The molecule has 0 atom stereocenters. The van der Waals surface area contributed by atoms with Crippen molar-refractivity contribution in [3.63, 3.8) is 0 Å². The number of non-ortho nitro benzene ring substituents is 1. The number of hydrogen-bond donors (Lipinski definition) is 1. The predicted octanol–water partition coefficient (Wildman–Crippen LogP) is 1.63. The van der Waals surface area contributed by atoms with Crippen LogP contribution in [0.3, 0.4) is 0 Å². The van der Waals surface area contributed by atoms with E-state index in [0.717, 1.165) is 33.5 Å². The molecule has 0 spiro atoms. The lowest BCUT2D eigenvalue weighted by Gasteiger charge is -2.14. The van der Waals surface area contributed by atoms with Gasteiger partial charge in [-0.1, -0.05) is 0 Å². The number of halogens is 1. The van der Waals surface area contributed by atoms with E-state index >= 15 is 0 Å². The maximum absolute atomic E-state index is 11.9. The van der Waals surface area contributed by atoms with Crippen molar-refractivity contribution >= 4 is 51.9 Å². The first-order valence-electron chi connectivity index (χ1n) is 6.46. The van der Waals surface area contributed by atoms with E-state index in [9.17, 15) is 24.5 Å². The molecule has 0 amide bonds. The standard InChI is InChI=1S/C14H13IN2O8/c1-23-11(18)6-10(14(20)25-3)16-12-8(13(19)24-2)4-7(17(21)22)5-9(12)15/h4-6,16H,1-3H3/b10-6+. The molecule has 0 fully saturated rings. The van der Waals surface area contributed by atoms with Gasteiger partial charge in [-0.3, -0.25) is 10.1 Å². The summed E-state index contributed by atoms with van der Waals surface area (Å²) in [5.41, 5.74) is -0.822. The first-order valence-corrected chi connectivity index (χ1v) is 7.54. The number of nitrogens with zero attached hydrogens (tertiary/aromatic N) is 1. The predicted molar refractivity (Wildman–Crippen MR) is 92.9 cm³/mol. The Bertz CT molecular complexity index is 759. The number of carbonyl (C=O) groups excluding carboxylic acids is 3. The van der Waals surface area contributed by atoms with Crippen LogP contribution in [0.1, 0.15) is 10.4 Å². The minimum Gasteiger partial charge on any atom is -0.466 e. The highest BCUT2D eigenvalue weighted by Crippen LogP contribution is 2.30. The van der Waals surface area contributed by atoms with Gasteiger partial charge in [-0.15, -0.1) is 0 Å². The van der Waals surface area contributed by atoms with Crippen LogP contribution in [0.15, 0.2) is 23.9 Å². The molecule has 0 aliphatic rings. The third kappa shape index (κ3) is 5.14. The monoisotopic (exact) mass is 464 g/mol. The van der Waals surface area contributed by atoms with E-state index in [1.165, 1.54) is 6.07 Å². The molecule has 0 bridgehead atoms. The van der Waals surface area contributed by atoms with Crippen LogP contribution in [-0.2, 0) is 23.8 Å². The Kier molecular flexibility index (Phi) is 7.29. The second kappa shape index (κ2) is 8.96. The summed E-state index contributed by atoms with van der Waals surface area (Å²) in [6.45, 7) is 0. The first-order chi connectivity index (χ1) is 11.7. The fourth-order valence-electron chi connectivity index (χ4n) is 1.66. The molecule has 0 aromatic heterocycles. The molecule has 134 valence electrons. The van der Waals surface area contributed by atoms with Gasteiger partial charge in [0.25, 0.3) is 5.69 Å². The van der Waals surface area contributed by atoms with E-state index in [2.05, 4.69) is 19.5 Å². The molecule has 0 aliphatic heterocycles. The van der Waals surface area contributed by atoms with Crippen LogP contribution in [0.2, 0.25) is 0 Å². The van der Waals surface area contributed by atoms with Crippen molar-refractivity contribution in [3.8, 4) is 0 Å². The topological polar surface area (TPSA) is 134 Å². The smallest absolute Gasteiger partial charge is 0.354 e. The molecule has 11 heteroatoms. The Morgan fingerprint density at radius 1 is 1.16 bits per heavy atom. The van der Waals surface area contributed by atoms with Gasteiger partial charge in [-0.05, 0) is 22.6 Å². The zero-order chi connectivity index (χ0) is 19.1. The van der Waals surface area contributed by atoms with Gasteiger partial charge in [0, 0.05) is 15.7 Å². The molecule has 0 saturated heterocycles. The fraction of sp³-hybridized carbons (Fsp3) is 0.214. The number of nitro groups is 1. The third-order valence-corrected chi connectivity index (χ3v) is 3.67. The number of methoxy groups -OCH3 is 3. The first kappa shape index (κ1) is 20.3. The minimum atomic E-state index is -0.907. The number of anilines is 1. The Hall–Kier alpha value is -2.70. The van der Waals surface area contributed by atoms with Gasteiger partial charge in [0.2, 0.25) is 0 Å². The molecular weight excluding hydrogens is 451 g/mol. The average molecular weight is 464 g/mol. The highest BCUT2D eigenvalue weighted by atomic mass is 127. The molecule has 1 aromatic carbocycles. The molecule has 1 rings (SSSR count). The molecule has 0 saturated carbocycles. The van der Waals surface area contributed by atoms with Crippen molar-refractivity contribution in [1.29, 1.82) is 0 Å². The summed E-state index contributed by atoms with van der Waals surface area (Å²) in [5, 5.41) is 13.5. The summed E-state index contributed by atoms with van der Waals surface area (Å²) in [6.07, 6.45) is 0.824. The average Bonchev–Trinajstić information content (AvgIpc) is 2.60. The van der Waals surface area contributed by atoms with Crippen LogP contribution in [-0.4, -0.2) is 44.2 Å². The minimum absolute atomic E-state index is 0.0404. The Labute approximate surface area is 155 Å². The van der Waals surface area contributed by atoms with Gasteiger partial charge in [0.05, 0.1) is 43.6 Å². The highest BCUT2D eigenvalue weighted by molar-refractivity contribution is 14.1. The highest BCUT2D eigenvalue weighted by Gasteiger charge is 2.23. The second-order valence-electron chi connectivity index (χ2n) is 4.30. The zero-order valence-electron chi connectivity index (χ0n) is 13.3. The van der Waals surface area contributed by atoms with E-state index in [-0.39, 0.29) is 26.2 Å². The van der Waals surface area contributed by atoms with Crippen molar-refractivity contribution in [1.82, 2.24) is 0 Å². The Morgan fingerprint density at radius 2 is 1.80 bits per heavy atom. The maximum Gasteiger partial charge on any atom is 0.354 e. The number of benzene rings is 1. The van der Waals surface area contributed by atoms with Crippen molar-refractivity contribution < 1.29 is 33.5 Å². The number of rotatable bonds is 6. The molecule has 1 aromatic rings. The third-order valence-electron chi connectivity index (χ3n) is 2.82. The lowest BCUT2D eigenvalue weighted by atomic mass is 10.1. The summed E-state index contributed by atoms with van der Waals surface area (Å²) < 4.78 is 13.8. The van der Waals surface area contributed by atoms with Gasteiger partial charge >= 0.3 is 17.9 Å². The van der Waals surface area contributed by atoms with E-state index in [4.69, 9.17) is 0 Å². The summed E-state index contributed by atoms with van der Waals surface area (Å²) in [6, 6.07) is 2.17. The molecule has 0 heterocycles. The Morgan fingerprint density at radius 3 is 2.28 bits per heavy atom. The van der Waals surface area contributed by atoms with Crippen LogP contribution in [0, 0.1) is 13.7 Å². The number of ether oxygens (including phenoxy) is 3. The SMILES string of the molecule is COC(=O)/C=C(/Nc1c(I)cc([N+](=O)[O-])cc1C(=O)OC)C(=O)OC. The summed E-state index contributed by atoms with van der Waals surface area (Å²) >= 11 is 1.74. The van der Waals surface area contributed by atoms with Crippen molar-refractivity contribution in [2.24, 2.45) is 0 Å². The van der Waals surface area contributed by atoms with E-state index in [1.54, 1.807) is 22.6 Å². The lowest BCUT2D eigenvalue weighted by Crippen LogP contribution is -2.18. The summed E-state index contributed by atoms with van der Waals surface area (Å²) in [4.78, 5) is 45.5. The number of esters is 3. The normalized spacial score (nSPS) is 10.6. The number of hydrogen-bond acceptors (Lipinski definition) is 9. The van der Waals surface area contributed by atoms with Crippen LogP contribution < -0.4 is 5.32 Å². The quantitative estimate of drug-likeness (QED) is 0.167. The Balaban J connectivity index is 3.50. The molecule has 0 radical (unpaired) electrons. The molecule has 0 aliphatic carbocycles. The molecular formula is C14H13IN2O8. The van der Waals surface area contributed by atoms with Crippen LogP contribution >= 0.6 is 22.6 Å². The summed E-state index contributed by atoms with van der Waals surface area (Å²) in [5.74, 6) is -2.62. The van der Waals surface area contributed by atoms with Crippen molar-refractivity contribution in [2.75, 3.05) is 26.6 Å². The fourth-order valence-corrected chi connectivity index (χ4v) is 2.41. The second-order valence-corrected chi connectivity index (χ2v) is 5.46. The maximum atomic E-state index is 11.9. The van der Waals surface area contributed by atoms with E-state index in [1.807, 2.05) is 0 Å². The number of carbonyl (C=O) groups is 3.